The maximum absolute atomic E-state index is 14.4. The third kappa shape index (κ3) is 5.07. The highest BCUT2D eigenvalue weighted by Crippen LogP contribution is 2.31. The Labute approximate surface area is 185 Å². The van der Waals surface area contributed by atoms with Crippen LogP contribution >= 0.6 is 0 Å². The van der Waals surface area contributed by atoms with Gasteiger partial charge in [-0.05, 0) is 55.2 Å². The van der Waals surface area contributed by atoms with Crippen LogP contribution in [-0.4, -0.2) is 41.0 Å². The maximum atomic E-state index is 14.4. The molecular formula is C24H27FN4O3. The quantitative estimate of drug-likeness (QED) is 0.479. The number of fused-ring (bicyclic) bond motifs is 1. The number of methoxy groups -OCH3 is 1. The van der Waals surface area contributed by atoms with Crippen LogP contribution in [0.15, 0.2) is 42.5 Å². The van der Waals surface area contributed by atoms with E-state index in [9.17, 15) is 14.0 Å². The predicted molar refractivity (Wildman–Crippen MR) is 119 cm³/mol. The molecule has 1 saturated heterocycles. The lowest BCUT2D eigenvalue weighted by molar-refractivity contribution is -0.122. The van der Waals surface area contributed by atoms with Gasteiger partial charge in [-0.1, -0.05) is 12.1 Å². The van der Waals surface area contributed by atoms with Gasteiger partial charge in [-0.3, -0.25) is 9.59 Å². The predicted octanol–water partition coefficient (Wildman–Crippen LogP) is 3.04. The van der Waals surface area contributed by atoms with Gasteiger partial charge in [0.05, 0.1) is 18.1 Å². The highest BCUT2D eigenvalue weighted by molar-refractivity contribution is 5.80. The van der Waals surface area contributed by atoms with Gasteiger partial charge >= 0.3 is 0 Å². The number of hydrogen-bond acceptors (Lipinski definition) is 4. The number of ether oxygens (including phenoxy) is 1. The summed E-state index contributed by atoms with van der Waals surface area (Å²) in [6.07, 6.45) is 2.53. The molecule has 0 spiro atoms. The molecule has 168 valence electrons. The third-order valence-corrected chi connectivity index (χ3v) is 5.97. The van der Waals surface area contributed by atoms with Crippen LogP contribution in [0.1, 0.15) is 37.1 Å². The fourth-order valence-electron chi connectivity index (χ4n) is 4.25. The molecule has 1 aliphatic rings. The van der Waals surface area contributed by atoms with Crippen LogP contribution in [-0.2, 0) is 22.4 Å². The molecule has 0 aliphatic carbocycles. The summed E-state index contributed by atoms with van der Waals surface area (Å²) < 4.78 is 19.6. The third-order valence-electron chi connectivity index (χ3n) is 5.97. The highest BCUT2D eigenvalue weighted by Gasteiger charge is 2.38. The van der Waals surface area contributed by atoms with E-state index in [0.29, 0.717) is 50.0 Å². The summed E-state index contributed by atoms with van der Waals surface area (Å²) in [5.41, 5.74) is 1.70. The molecular weight excluding hydrogens is 411 g/mol. The molecule has 2 heterocycles. The maximum Gasteiger partial charge on any atom is 0.220 e. The van der Waals surface area contributed by atoms with Gasteiger partial charge in [0.1, 0.15) is 17.4 Å². The summed E-state index contributed by atoms with van der Waals surface area (Å²) in [6, 6.07) is 12.4. The Morgan fingerprint density at radius 3 is 2.88 bits per heavy atom. The Bertz CT molecular complexity index is 1100. The number of nitrogens with zero attached hydrogens (tertiary/aromatic N) is 1. The van der Waals surface area contributed by atoms with E-state index in [4.69, 9.17) is 4.74 Å². The number of nitrogens with one attached hydrogen (secondary N) is 3. The van der Waals surface area contributed by atoms with Gasteiger partial charge in [0.2, 0.25) is 11.8 Å². The van der Waals surface area contributed by atoms with E-state index in [0.717, 1.165) is 16.9 Å². The Balaban J connectivity index is 1.33. The lowest BCUT2D eigenvalue weighted by Crippen LogP contribution is -2.44. The molecule has 0 saturated carbocycles. The molecule has 0 radical (unpaired) electrons. The molecule has 3 N–H and O–H groups in total. The number of H-pyrrole nitrogens is 1. The number of carbonyl (C=O) groups is 2. The molecule has 2 amide bonds. The first kappa shape index (κ1) is 21.8. The van der Waals surface area contributed by atoms with Gasteiger partial charge in [-0.25, -0.2) is 9.37 Å². The monoisotopic (exact) mass is 438 g/mol. The van der Waals surface area contributed by atoms with Crippen LogP contribution in [0, 0.1) is 5.82 Å². The van der Waals surface area contributed by atoms with Crippen molar-refractivity contribution in [2.24, 2.45) is 0 Å². The average Bonchev–Trinajstić information content (AvgIpc) is 3.37. The average molecular weight is 439 g/mol. The van der Waals surface area contributed by atoms with Crippen LogP contribution in [0.25, 0.3) is 11.0 Å². The number of imidazole rings is 1. The molecule has 1 aliphatic heterocycles. The molecule has 0 bridgehead atoms. The first-order valence-electron chi connectivity index (χ1n) is 10.8. The second-order valence-electron chi connectivity index (χ2n) is 8.26. The first-order chi connectivity index (χ1) is 15.5. The van der Waals surface area contributed by atoms with Gasteiger partial charge in [-0.15, -0.1) is 0 Å². The SMILES string of the molecule is COc1ccc(F)c(CC2(CCC(=O)NCCc3nc4ccccc4[nH]3)CCC(=O)N2)c1. The summed E-state index contributed by atoms with van der Waals surface area (Å²) in [6.45, 7) is 0.461. The molecule has 32 heavy (non-hydrogen) atoms. The van der Waals surface area contributed by atoms with Crippen LogP contribution < -0.4 is 15.4 Å². The number of hydrogen-bond donors (Lipinski definition) is 3. The number of halogens is 1. The van der Waals surface area contributed by atoms with Crippen molar-refractivity contribution in [2.75, 3.05) is 13.7 Å². The van der Waals surface area contributed by atoms with Crippen LogP contribution in [0.2, 0.25) is 0 Å². The van der Waals surface area contributed by atoms with Crippen molar-refractivity contribution in [1.82, 2.24) is 20.6 Å². The van der Waals surface area contributed by atoms with E-state index >= 15 is 0 Å². The smallest absolute Gasteiger partial charge is 0.220 e. The molecule has 1 atom stereocenters. The molecule has 1 fully saturated rings. The Kier molecular flexibility index (Phi) is 6.39. The largest absolute Gasteiger partial charge is 0.497 e. The number of aromatic amines is 1. The van der Waals surface area contributed by atoms with Crippen molar-refractivity contribution in [3.63, 3.8) is 0 Å². The van der Waals surface area contributed by atoms with Gasteiger partial charge in [0.25, 0.3) is 0 Å². The summed E-state index contributed by atoms with van der Waals surface area (Å²) in [4.78, 5) is 32.2. The first-order valence-corrected chi connectivity index (χ1v) is 10.8. The second-order valence-corrected chi connectivity index (χ2v) is 8.26. The van der Waals surface area contributed by atoms with Crippen molar-refractivity contribution in [2.45, 2.75) is 44.1 Å². The summed E-state index contributed by atoms with van der Waals surface area (Å²) in [5, 5.41) is 5.91. The molecule has 1 aromatic heterocycles. The number of para-hydroxylation sites is 2. The summed E-state index contributed by atoms with van der Waals surface area (Å²) >= 11 is 0. The minimum absolute atomic E-state index is 0.0707. The molecule has 2 aromatic carbocycles. The lowest BCUT2D eigenvalue weighted by Gasteiger charge is -2.29. The Morgan fingerprint density at radius 2 is 2.12 bits per heavy atom. The zero-order valence-corrected chi connectivity index (χ0v) is 18.0. The fourth-order valence-corrected chi connectivity index (χ4v) is 4.25. The molecule has 4 rings (SSSR count). The topological polar surface area (TPSA) is 96.1 Å². The van der Waals surface area contributed by atoms with Crippen LogP contribution in [0.5, 0.6) is 5.75 Å². The van der Waals surface area contributed by atoms with E-state index in [1.807, 2.05) is 24.3 Å². The van der Waals surface area contributed by atoms with E-state index in [2.05, 4.69) is 20.6 Å². The highest BCUT2D eigenvalue weighted by atomic mass is 19.1. The van der Waals surface area contributed by atoms with Crippen molar-refractivity contribution in [1.29, 1.82) is 0 Å². The molecule has 8 heteroatoms. The lowest BCUT2D eigenvalue weighted by atomic mass is 9.84. The Hall–Kier alpha value is -3.42. The minimum atomic E-state index is -0.639. The van der Waals surface area contributed by atoms with Crippen molar-refractivity contribution >= 4 is 22.8 Å². The van der Waals surface area contributed by atoms with Gasteiger partial charge in [-0.2, -0.15) is 0 Å². The minimum Gasteiger partial charge on any atom is -0.497 e. The molecule has 1 unspecified atom stereocenters. The number of carbonyl (C=O) groups excluding carboxylic acids is 2. The van der Waals surface area contributed by atoms with Crippen LogP contribution in [0.3, 0.4) is 0 Å². The van der Waals surface area contributed by atoms with Crippen LogP contribution in [0.4, 0.5) is 4.39 Å². The van der Waals surface area contributed by atoms with Crippen molar-refractivity contribution in [3.05, 3.63) is 59.7 Å². The number of aromatic nitrogens is 2. The Morgan fingerprint density at radius 1 is 1.28 bits per heavy atom. The fraction of sp³-hybridized carbons (Fsp3) is 0.375. The number of amides is 2. The number of benzene rings is 2. The van der Waals surface area contributed by atoms with E-state index in [1.54, 1.807) is 12.1 Å². The zero-order valence-electron chi connectivity index (χ0n) is 18.0. The van der Waals surface area contributed by atoms with Crippen molar-refractivity contribution < 1.29 is 18.7 Å². The molecule has 7 nitrogen and oxygen atoms in total. The summed E-state index contributed by atoms with van der Waals surface area (Å²) in [7, 11) is 1.53. The summed E-state index contributed by atoms with van der Waals surface area (Å²) in [5.74, 6) is 0.858. The van der Waals surface area contributed by atoms with Crippen molar-refractivity contribution in [3.8, 4) is 5.75 Å². The zero-order chi connectivity index (χ0) is 22.6. The molecule has 3 aromatic rings. The van der Waals surface area contributed by atoms with E-state index < -0.39 is 5.54 Å². The van der Waals surface area contributed by atoms with E-state index in [-0.39, 0.29) is 24.1 Å². The van der Waals surface area contributed by atoms with Gasteiger partial charge < -0.3 is 20.4 Å². The van der Waals surface area contributed by atoms with Gasteiger partial charge in [0, 0.05) is 31.3 Å². The normalized spacial score (nSPS) is 18.0. The second kappa shape index (κ2) is 9.38. The standard InChI is InChI=1S/C24H27FN4O3/c1-32-17-6-7-18(25)16(14-17)15-24(12-9-23(31)29-24)11-8-22(30)26-13-10-21-27-19-4-2-3-5-20(19)28-21/h2-7,14H,8-13,15H2,1H3,(H,26,30)(H,27,28)(H,29,31). The van der Waals surface area contributed by atoms with Gasteiger partial charge in [0.15, 0.2) is 0 Å². The number of rotatable bonds is 9. The van der Waals surface area contributed by atoms with E-state index in [1.165, 1.54) is 13.2 Å².